The average molecular weight is 363 g/mol. The highest BCUT2D eigenvalue weighted by Crippen LogP contribution is 2.34. The molecule has 1 atom stereocenters. The monoisotopic (exact) mass is 363 g/mol. The molecule has 3 heterocycles. The van der Waals surface area contributed by atoms with E-state index in [9.17, 15) is 0 Å². The Bertz CT molecular complexity index is 890. The lowest BCUT2D eigenvalue weighted by Gasteiger charge is -2.33. The molecule has 1 aliphatic heterocycles. The van der Waals surface area contributed by atoms with Gasteiger partial charge < -0.3 is 9.64 Å². The molecule has 2 aromatic heterocycles. The van der Waals surface area contributed by atoms with E-state index in [4.69, 9.17) is 4.74 Å². The number of aromatic amines is 1. The summed E-state index contributed by atoms with van der Waals surface area (Å²) in [5, 5.41) is 7.61. The van der Waals surface area contributed by atoms with Crippen LogP contribution in [0.3, 0.4) is 0 Å². The van der Waals surface area contributed by atoms with E-state index in [2.05, 4.69) is 56.3 Å². The maximum absolute atomic E-state index is 5.20. The molecule has 27 heavy (non-hydrogen) atoms. The van der Waals surface area contributed by atoms with Crippen LogP contribution in [0.4, 0.5) is 5.82 Å². The molecule has 0 bridgehead atoms. The fourth-order valence-corrected chi connectivity index (χ4v) is 3.78. The molecule has 6 nitrogen and oxygen atoms in total. The summed E-state index contributed by atoms with van der Waals surface area (Å²) < 4.78 is 5.20. The third-order valence-corrected chi connectivity index (χ3v) is 5.19. The number of nitrogens with zero attached hydrogens (tertiary/aromatic N) is 4. The van der Waals surface area contributed by atoms with Gasteiger partial charge in [-0.05, 0) is 25.3 Å². The minimum Gasteiger partial charge on any atom is -0.378 e. The zero-order valence-corrected chi connectivity index (χ0v) is 15.9. The van der Waals surface area contributed by atoms with Crippen LogP contribution in [-0.4, -0.2) is 40.4 Å². The average Bonchev–Trinajstić information content (AvgIpc) is 3.19. The number of rotatable bonds is 5. The first-order valence-corrected chi connectivity index (χ1v) is 9.39. The Morgan fingerprint density at radius 1 is 1.22 bits per heavy atom. The van der Waals surface area contributed by atoms with Crippen LogP contribution in [0.1, 0.15) is 35.7 Å². The molecule has 0 spiro atoms. The standard InChI is InChI=1S/C21H25N5O/c1-15-5-7-16(8-6-15)19-11-24-25-21(19)17-4-3-9-26(12-17)20-10-18(13-27-2)22-14-23-20/h5-8,10-11,14,17H,3-4,9,12-13H2,1-2H3,(H,24,25)/t17-/m0/s1. The minimum atomic E-state index is 0.401. The number of hydrogen-bond donors (Lipinski definition) is 1. The van der Waals surface area contributed by atoms with Crippen LogP contribution < -0.4 is 4.90 Å². The molecule has 1 N–H and O–H groups in total. The van der Waals surface area contributed by atoms with Gasteiger partial charge in [0, 0.05) is 43.4 Å². The number of aryl methyl sites for hydroxylation is 1. The van der Waals surface area contributed by atoms with Gasteiger partial charge in [-0.25, -0.2) is 9.97 Å². The number of aromatic nitrogens is 4. The van der Waals surface area contributed by atoms with Crippen molar-refractivity contribution in [1.29, 1.82) is 0 Å². The maximum atomic E-state index is 5.20. The number of H-pyrrole nitrogens is 1. The van der Waals surface area contributed by atoms with E-state index in [0.717, 1.165) is 37.4 Å². The second kappa shape index (κ2) is 7.88. The molecule has 0 radical (unpaired) electrons. The topological polar surface area (TPSA) is 66.9 Å². The normalized spacial score (nSPS) is 17.3. The molecule has 0 aliphatic carbocycles. The number of nitrogens with one attached hydrogen (secondary N) is 1. The van der Waals surface area contributed by atoms with Gasteiger partial charge in [0.1, 0.15) is 12.1 Å². The summed E-state index contributed by atoms with van der Waals surface area (Å²) in [6, 6.07) is 10.7. The fourth-order valence-electron chi connectivity index (χ4n) is 3.78. The second-order valence-electron chi connectivity index (χ2n) is 7.15. The minimum absolute atomic E-state index is 0.401. The molecule has 1 fully saturated rings. The quantitative estimate of drug-likeness (QED) is 0.748. The third-order valence-electron chi connectivity index (χ3n) is 5.19. The summed E-state index contributed by atoms with van der Waals surface area (Å²) in [6.45, 7) is 4.54. The second-order valence-corrected chi connectivity index (χ2v) is 7.15. The van der Waals surface area contributed by atoms with Crippen LogP contribution in [0.2, 0.25) is 0 Å². The van der Waals surface area contributed by atoms with Gasteiger partial charge in [0.05, 0.1) is 18.5 Å². The zero-order valence-electron chi connectivity index (χ0n) is 15.9. The Kier molecular flexibility index (Phi) is 5.16. The highest BCUT2D eigenvalue weighted by atomic mass is 16.5. The van der Waals surface area contributed by atoms with E-state index in [-0.39, 0.29) is 0 Å². The first kappa shape index (κ1) is 17.7. The molecule has 1 saturated heterocycles. The summed E-state index contributed by atoms with van der Waals surface area (Å²) in [5.41, 5.74) is 5.81. The van der Waals surface area contributed by atoms with Gasteiger partial charge in [-0.2, -0.15) is 5.10 Å². The van der Waals surface area contributed by atoms with Crippen molar-refractivity contribution in [2.75, 3.05) is 25.1 Å². The predicted octanol–water partition coefficient (Wildman–Crippen LogP) is 3.71. The molecule has 3 aromatic rings. The van der Waals surface area contributed by atoms with Crippen LogP contribution in [0.5, 0.6) is 0 Å². The van der Waals surface area contributed by atoms with Crippen molar-refractivity contribution in [3.8, 4) is 11.1 Å². The van der Waals surface area contributed by atoms with Crippen molar-refractivity contribution in [3.63, 3.8) is 0 Å². The molecule has 0 saturated carbocycles. The van der Waals surface area contributed by atoms with Crippen molar-refractivity contribution in [1.82, 2.24) is 20.2 Å². The molecule has 0 unspecified atom stereocenters. The first-order valence-electron chi connectivity index (χ1n) is 9.39. The van der Waals surface area contributed by atoms with Gasteiger partial charge in [-0.3, -0.25) is 5.10 Å². The fraction of sp³-hybridized carbons (Fsp3) is 0.381. The van der Waals surface area contributed by atoms with Gasteiger partial charge in [0.25, 0.3) is 0 Å². The number of piperidine rings is 1. The molecule has 140 valence electrons. The lowest BCUT2D eigenvalue weighted by molar-refractivity contribution is 0.181. The molecule has 0 amide bonds. The van der Waals surface area contributed by atoms with Gasteiger partial charge >= 0.3 is 0 Å². The molecule has 1 aliphatic rings. The summed E-state index contributed by atoms with van der Waals surface area (Å²) in [5.74, 6) is 1.37. The van der Waals surface area contributed by atoms with Crippen LogP contribution in [0.25, 0.3) is 11.1 Å². The number of hydrogen-bond acceptors (Lipinski definition) is 5. The van der Waals surface area contributed by atoms with Crippen LogP contribution in [0, 0.1) is 6.92 Å². The SMILES string of the molecule is COCc1cc(N2CCC[C@H](c3[nH]ncc3-c3ccc(C)cc3)C2)ncn1. The predicted molar refractivity (Wildman–Crippen MR) is 106 cm³/mol. The number of anilines is 1. The van der Waals surface area contributed by atoms with E-state index in [1.54, 1.807) is 13.4 Å². The number of benzene rings is 1. The van der Waals surface area contributed by atoms with Gasteiger partial charge in [-0.1, -0.05) is 29.8 Å². The van der Waals surface area contributed by atoms with E-state index in [1.165, 1.54) is 22.4 Å². The largest absolute Gasteiger partial charge is 0.378 e. The lowest BCUT2D eigenvalue weighted by atomic mass is 9.90. The van der Waals surface area contributed by atoms with Crippen LogP contribution in [0.15, 0.2) is 42.9 Å². The molecule has 1 aromatic carbocycles. The molecule has 4 rings (SSSR count). The summed E-state index contributed by atoms with van der Waals surface area (Å²) in [4.78, 5) is 11.1. The van der Waals surface area contributed by atoms with Crippen molar-refractivity contribution in [2.45, 2.75) is 32.3 Å². The van der Waals surface area contributed by atoms with E-state index < -0.39 is 0 Å². The highest BCUT2D eigenvalue weighted by molar-refractivity contribution is 5.66. The number of ether oxygens (including phenoxy) is 1. The Hall–Kier alpha value is -2.73. The van der Waals surface area contributed by atoms with E-state index in [1.807, 2.05) is 12.3 Å². The van der Waals surface area contributed by atoms with Crippen LogP contribution >= 0.6 is 0 Å². The lowest BCUT2D eigenvalue weighted by Crippen LogP contribution is -2.35. The first-order chi connectivity index (χ1) is 13.2. The van der Waals surface area contributed by atoms with Crippen molar-refractivity contribution in [2.24, 2.45) is 0 Å². The van der Waals surface area contributed by atoms with Crippen molar-refractivity contribution >= 4 is 5.82 Å². The van der Waals surface area contributed by atoms with Crippen LogP contribution in [-0.2, 0) is 11.3 Å². The summed E-state index contributed by atoms with van der Waals surface area (Å²) in [7, 11) is 1.68. The smallest absolute Gasteiger partial charge is 0.132 e. The maximum Gasteiger partial charge on any atom is 0.132 e. The van der Waals surface area contributed by atoms with Gasteiger partial charge in [0.15, 0.2) is 0 Å². The highest BCUT2D eigenvalue weighted by Gasteiger charge is 2.26. The van der Waals surface area contributed by atoms with Crippen molar-refractivity contribution in [3.05, 3.63) is 59.8 Å². The molecular weight excluding hydrogens is 338 g/mol. The summed E-state index contributed by atoms with van der Waals surface area (Å²) >= 11 is 0. The molecule has 6 heteroatoms. The third kappa shape index (κ3) is 3.85. The van der Waals surface area contributed by atoms with Gasteiger partial charge in [-0.15, -0.1) is 0 Å². The Balaban J connectivity index is 1.57. The zero-order chi connectivity index (χ0) is 18.6. The molecular formula is C21H25N5O. The Morgan fingerprint density at radius 2 is 2.07 bits per heavy atom. The summed E-state index contributed by atoms with van der Waals surface area (Å²) in [6.07, 6.45) is 5.84. The van der Waals surface area contributed by atoms with Crippen molar-refractivity contribution < 1.29 is 4.74 Å². The van der Waals surface area contributed by atoms with E-state index >= 15 is 0 Å². The number of methoxy groups -OCH3 is 1. The Morgan fingerprint density at radius 3 is 2.89 bits per heavy atom. The van der Waals surface area contributed by atoms with Gasteiger partial charge in [0.2, 0.25) is 0 Å². The Labute approximate surface area is 159 Å². The van der Waals surface area contributed by atoms with E-state index in [0.29, 0.717) is 12.5 Å².